The molecule has 3 rings (SSSR count). The quantitative estimate of drug-likeness (QED) is 0.858. The first-order chi connectivity index (χ1) is 10.8. The second kappa shape index (κ2) is 5.63. The first kappa shape index (κ1) is 16.0. The van der Waals surface area contributed by atoms with Gasteiger partial charge in [0, 0.05) is 17.8 Å². The molecule has 7 heteroatoms. The van der Waals surface area contributed by atoms with Crippen LogP contribution in [0.3, 0.4) is 0 Å². The maximum Gasteiger partial charge on any atom is 0.433 e. The molecule has 4 nitrogen and oxygen atoms in total. The summed E-state index contributed by atoms with van der Waals surface area (Å²) in [7, 11) is 0. The Bertz CT molecular complexity index is 684. The van der Waals surface area contributed by atoms with E-state index in [0.29, 0.717) is 12.2 Å². The molecule has 1 fully saturated rings. The zero-order valence-corrected chi connectivity index (χ0v) is 13.0. The maximum atomic E-state index is 13.0. The van der Waals surface area contributed by atoms with Crippen LogP contribution < -0.4 is 0 Å². The fourth-order valence-corrected chi connectivity index (χ4v) is 3.08. The number of hydrogen-bond donors (Lipinski definition) is 0. The number of alkyl halides is 3. The predicted octanol–water partition coefficient (Wildman–Crippen LogP) is 3.91. The van der Waals surface area contributed by atoms with Crippen LogP contribution in [-0.4, -0.2) is 21.4 Å². The van der Waals surface area contributed by atoms with E-state index in [1.807, 2.05) is 13.0 Å². The number of nitrogens with zero attached hydrogens (tertiary/aromatic N) is 3. The molecule has 2 aromatic heterocycles. The molecule has 0 aliphatic carbocycles. The summed E-state index contributed by atoms with van der Waals surface area (Å²) < 4.78 is 44.2. The van der Waals surface area contributed by atoms with Gasteiger partial charge in [-0.25, -0.2) is 9.97 Å². The van der Waals surface area contributed by atoms with Gasteiger partial charge in [-0.15, -0.1) is 0 Å². The van der Waals surface area contributed by atoms with Gasteiger partial charge in [0.25, 0.3) is 0 Å². The van der Waals surface area contributed by atoms with Crippen molar-refractivity contribution >= 4 is 0 Å². The first-order valence-electron chi connectivity index (χ1n) is 7.48. The van der Waals surface area contributed by atoms with Gasteiger partial charge >= 0.3 is 6.18 Å². The summed E-state index contributed by atoms with van der Waals surface area (Å²) in [6.45, 7) is 4.88. The Labute approximate surface area is 132 Å². The molecule has 0 aromatic carbocycles. The van der Waals surface area contributed by atoms with Crippen molar-refractivity contribution in [3.8, 4) is 0 Å². The minimum Gasteiger partial charge on any atom is -0.472 e. The largest absolute Gasteiger partial charge is 0.472 e. The lowest BCUT2D eigenvalue weighted by Crippen LogP contribution is -2.40. The summed E-state index contributed by atoms with van der Waals surface area (Å²) in [6.07, 6.45) is 0.399. The highest BCUT2D eigenvalue weighted by molar-refractivity contribution is 5.19. The number of furan rings is 1. The summed E-state index contributed by atoms with van der Waals surface area (Å²) in [6, 6.07) is 2.85. The topological polar surface area (TPSA) is 42.2 Å². The summed E-state index contributed by atoms with van der Waals surface area (Å²) in [4.78, 5) is 10.3. The SMILES string of the molecule is Cc1cc(C(F)(F)F)nc([C@@]2(C)CCCN2Cc2ccoc2)n1. The third-order valence-corrected chi connectivity index (χ3v) is 4.37. The van der Waals surface area contributed by atoms with Crippen LogP contribution in [0.25, 0.3) is 0 Å². The van der Waals surface area contributed by atoms with Gasteiger partial charge in [0.15, 0.2) is 0 Å². The second-order valence-electron chi connectivity index (χ2n) is 6.15. The average Bonchev–Trinajstić information content (AvgIpc) is 3.09. The van der Waals surface area contributed by atoms with Crippen molar-refractivity contribution in [1.82, 2.24) is 14.9 Å². The Kier molecular flexibility index (Phi) is 3.91. The number of aryl methyl sites for hydroxylation is 1. The van der Waals surface area contributed by atoms with Crippen molar-refractivity contribution in [2.24, 2.45) is 0 Å². The van der Waals surface area contributed by atoms with Crippen molar-refractivity contribution in [2.75, 3.05) is 6.54 Å². The van der Waals surface area contributed by atoms with E-state index in [1.165, 1.54) is 0 Å². The Balaban J connectivity index is 1.96. The average molecular weight is 325 g/mol. The van der Waals surface area contributed by atoms with Gasteiger partial charge in [0.2, 0.25) is 0 Å². The van der Waals surface area contributed by atoms with Gasteiger partial charge in [-0.3, -0.25) is 4.90 Å². The Hall–Kier alpha value is -1.89. The first-order valence-corrected chi connectivity index (χ1v) is 7.48. The zero-order valence-electron chi connectivity index (χ0n) is 13.0. The van der Waals surface area contributed by atoms with Crippen LogP contribution in [0.15, 0.2) is 29.1 Å². The van der Waals surface area contributed by atoms with Crippen molar-refractivity contribution in [1.29, 1.82) is 0 Å². The van der Waals surface area contributed by atoms with Gasteiger partial charge in [-0.1, -0.05) is 0 Å². The van der Waals surface area contributed by atoms with Crippen LogP contribution in [0.5, 0.6) is 0 Å². The molecule has 0 bridgehead atoms. The lowest BCUT2D eigenvalue weighted by Gasteiger charge is -2.34. The maximum absolute atomic E-state index is 13.0. The van der Waals surface area contributed by atoms with Crippen molar-refractivity contribution in [3.63, 3.8) is 0 Å². The summed E-state index contributed by atoms with van der Waals surface area (Å²) in [5.74, 6) is 0.241. The van der Waals surface area contributed by atoms with E-state index in [1.54, 1.807) is 19.5 Å². The highest BCUT2D eigenvalue weighted by atomic mass is 19.4. The third-order valence-electron chi connectivity index (χ3n) is 4.37. The fraction of sp³-hybridized carbons (Fsp3) is 0.500. The van der Waals surface area contributed by atoms with Gasteiger partial charge in [0.05, 0.1) is 18.1 Å². The van der Waals surface area contributed by atoms with E-state index in [2.05, 4.69) is 14.9 Å². The molecule has 0 amide bonds. The van der Waals surface area contributed by atoms with Crippen molar-refractivity contribution < 1.29 is 17.6 Å². The smallest absolute Gasteiger partial charge is 0.433 e. The molecular weight excluding hydrogens is 307 g/mol. The minimum absolute atomic E-state index is 0.241. The number of aromatic nitrogens is 2. The van der Waals surface area contributed by atoms with Crippen LogP contribution in [0.2, 0.25) is 0 Å². The molecule has 0 unspecified atom stereocenters. The molecule has 3 heterocycles. The molecule has 124 valence electrons. The highest BCUT2D eigenvalue weighted by Gasteiger charge is 2.42. The van der Waals surface area contributed by atoms with E-state index < -0.39 is 17.4 Å². The molecule has 1 aliphatic rings. The lowest BCUT2D eigenvalue weighted by atomic mass is 9.97. The van der Waals surface area contributed by atoms with Gasteiger partial charge in [0.1, 0.15) is 11.5 Å². The Morgan fingerprint density at radius 2 is 2.13 bits per heavy atom. The fourth-order valence-electron chi connectivity index (χ4n) is 3.08. The third kappa shape index (κ3) is 3.10. The molecule has 0 saturated carbocycles. The standard InChI is InChI=1S/C16H18F3N3O/c1-11-8-13(16(17,18)19)21-14(20-11)15(2)5-3-6-22(15)9-12-4-7-23-10-12/h4,7-8,10H,3,5-6,9H2,1-2H3/t15-/m1/s1. The monoisotopic (exact) mass is 325 g/mol. The number of rotatable bonds is 3. The van der Waals surface area contributed by atoms with Crippen molar-refractivity contribution in [2.45, 2.75) is 44.9 Å². The van der Waals surface area contributed by atoms with Gasteiger partial charge in [-0.2, -0.15) is 13.2 Å². The number of halogens is 3. The van der Waals surface area contributed by atoms with E-state index in [-0.39, 0.29) is 5.82 Å². The number of hydrogen-bond acceptors (Lipinski definition) is 4. The van der Waals surface area contributed by atoms with E-state index in [0.717, 1.165) is 31.0 Å². The van der Waals surface area contributed by atoms with Crippen LogP contribution >= 0.6 is 0 Å². The van der Waals surface area contributed by atoms with Crippen LogP contribution in [-0.2, 0) is 18.3 Å². The Morgan fingerprint density at radius 1 is 1.35 bits per heavy atom. The molecule has 1 aliphatic heterocycles. The zero-order chi connectivity index (χ0) is 16.7. The molecular formula is C16H18F3N3O. The van der Waals surface area contributed by atoms with Crippen LogP contribution in [0.4, 0.5) is 13.2 Å². The number of likely N-dealkylation sites (tertiary alicyclic amines) is 1. The molecule has 2 aromatic rings. The molecule has 23 heavy (non-hydrogen) atoms. The Morgan fingerprint density at radius 3 is 2.78 bits per heavy atom. The van der Waals surface area contributed by atoms with E-state index >= 15 is 0 Å². The van der Waals surface area contributed by atoms with Crippen molar-refractivity contribution in [3.05, 3.63) is 47.4 Å². The van der Waals surface area contributed by atoms with Crippen LogP contribution in [0.1, 0.15) is 42.5 Å². The summed E-state index contributed by atoms with van der Waals surface area (Å²) in [5, 5.41) is 0. The van der Waals surface area contributed by atoms with E-state index in [9.17, 15) is 13.2 Å². The van der Waals surface area contributed by atoms with E-state index in [4.69, 9.17) is 4.42 Å². The van der Waals surface area contributed by atoms with Gasteiger partial charge in [-0.05, 0) is 45.4 Å². The minimum atomic E-state index is -4.47. The van der Waals surface area contributed by atoms with Gasteiger partial charge < -0.3 is 4.42 Å². The highest BCUT2D eigenvalue weighted by Crippen LogP contribution is 2.39. The normalized spacial score (nSPS) is 22.7. The summed E-state index contributed by atoms with van der Waals surface area (Å²) >= 11 is 0. The molecule has 1 saturated heterocycles. The predicted molar refractivity (Wildman–Crippen MR) is 77.5 cm³/mol. The molecule has 0 N–H and O–H groups in total. The lowest BCUT2D eigenvalue weighted by molar-refractivity contribution is -0.141. The molecule has 1 atom stereocenters. The summed E-state index contributed by atoms with van der Waals surface area (Å²) in [5.41, 5.74) is -0.166. The molecule has 0 radical (unpaired) electrons. The second-order valence-corrected chi connectivity index (χ2v) is 6.15. The molecule has 0 spiro atoms. The van der Waals surface area contributed by atoms with Crippen LogP contribution in [0, 0.1) is 6.92 Å².